The van der Waals surface area contributed by atoms with Crippen molar-refractivity contribution in [3.63, 3.8) is 0 Å². The lowest BCUT2D eigenvalue weighted by molar-refractivity contribution is 0.254. The van der Waals surface area contributed by atoms with Crippen LogP contribution < -0.4 is 20.1 Å². The molecule has 0 atom stereocenters. The number of likely N-dealkylation sites (tertiary alicyclic amines) is 1. The van der Waals surface area contributed by atoms with E-state index in [9.17, 15) is 4.39 Å². The average molecular weight is 453 g/mol. The summed E-state index contributed by atoms with van der Waals surface area (Å²) >= 11 is 0. The zero-order valence-electron chi connectivity index (χ0n) is 19.4. The molecule has 3 rings (SSSR count). The van der Waals surface area contributed by atoms with Gasteiger partial charge in [0, 0.05) is 35.9 Å². The van der Waals surface area contributed by atoms with Crippen molar-refractivity contribution in [2.45, 2.75) is 26.2 Å². The molecule has 1 heterocycles. The Morgan fingerprint density at radius 3 is 2.67 bits per heavy atom. The lowest BCUT2D eigenvalue weighted by Crippen LogP contribution is -2.22. The first kappa shape index (κ1) is 24.3. The number of benzene rings is 2. The van der Waals surface area contributed by atoms with E-state index >= 15 is 0 Å². The van der Waals surface area contributed by atoms with Crippen LogP contribution in [-0.4, -0.2) is 44.1 Å². The summed E-state index contributed by atoms with van der Waals surface area (Å²) in [5.41, 5.74) is 2.09. The number of hydrogen-bond donors (Lipinski definition) is 2. The maximum Gasteiger partial charge on any atom is 0.163 e. The quantitative estimate of drug-likeness (QED) is 0.199. The van der Waals surface area contributed by atoms with Crippen LogP contribution in [0.5, 0.6) is 11.5 Å². The Morgan fingerprint density at radius 2 is 1.91 bits per heavy atom. The van der Waals surface area contributed by atoms with Gasteiger partial charge in [-0.15, -0.1) is 0 Å². The van der Waals surface area contributed by atoms with Crippen LogP contribution in [0.3, 0.4) is 0 Å². The smallest absolute Gasteiger partial charge is 0.163 e. The molecule has 0 amide bonds. The van der Waals surface area contributed by atoms with Gasteiger partial charge in [0.05, 0.1) is 13.7 Å². The summed E-state index contributed by atoms with van der Waals surface area (Å²) in [6.45, 7) is 9.89. The normalized spacial score (nSPS) is 14.5. The molecule has 0 aliphatic carbocycles. The molecular formula is C26H33FN4O2. The van der Waals surface area contributed by atoms with Gasteiger partial charge in [0.25, 0.3) is 0 Å². The number of rotatable bonds is 11. The van der Waals surface area contributed by atoms with E-state index in [-0.39, 0.29) is 5.82 Å². The van der Waals surface area contributed by atoms with Gasteiger partial charge in [-0.3, -0.25) is 0 Å². The third-order valence-electron chi connectivity index (χ3n) is 5.24. The summed E-state index contributed by atoms with van der Waals surface area (Å²) in [6, 6.07) is 11.9. The Bertz CT molecular complexity index is 984. The van der Waals surface area contributed by atoms with Crippen molar-refractivity contribution in [2.75, 3.05) is 44.0 Å². The lowest BCUT2D eigenvalue weighted by Gasteiger charge is -2.16. The Morgan fingerprint density at radius 1 is 1.12 bits per heavy atom. The SMILES string of the molecule is C=C(/C=C\N=C(C)Nc1ccc(OC)c(OCCCN2CCCC2)c1)Nc1cccc(F)c1. The van der Waals surface area contributed by atoms with Crippen molar-refractivity contribution in [1.29, 1.82) is 0 Å². The summed E-state index contributed by atoms with van der Waals surface area (Å²) in [6.07, 6.45) is 6.95. The van der Waals surface area contributed by atoms with Crippen LogP contribution in [0.2, 0.25) is 0 Å². The third kappa shape index (κ3) is 8.27. The second-order valence-electron chi connectivity index (χ2n) is 7.93. The van der Waals surface area contributed by atoms with E-state index in [1.165, 1.54) is 38.1 Å². The predicted molar refractivity (Wildman–Crippen MR) is 134 cm³/mol. The molecule has 2 N–H and O–H groups in total. The minimum atomic E-state index is -0.302. The number of methoxy groups -OCH3 is 1. The number of halogens is 1. The van der Waals surface area contributed by atoms with Crippen molar-refractivity contribution in [3.8, 4) is 11.5 Å². The number of nitrogens with zero attached hydrogens (tertiary/aromatic N) is 2. The van der Waals surface area contributed by atoms with Crippen LogP contribution in [0.4, 0.5) is 15.8 Å². The molecule has 0 bridgehead atoms. The molecule has 6 nitrogen and oxygen atoms in total. The standard InChI is InChI=1S/C26H33FN4O2/c1-20(29-23-9-6-8-22(27)18-23)12-13-28-21(2)30-24-10-11-25(32-3)26(19-24)33-17-7-16-31-14-4-5-15-31/h6,8-13,18-19,29H,1,4-5,7,14-17H2,2-3H3,(H,28,30)/b13-12-. The van der Waals surface area contributed by atoms with Crippen LogP contribution in [-0.2, 0) is 0 Å². The van der Waals surface area contributed by atoms with Crippen molar-refractivity contribution < 1.29 is 13.9 Å². The molecule has 2 aromatic rings. The fourth-order valence-electron chi connectivity index (χ4n) is 3.62. The zero-order chi connectivity index (χ0) is 23.5. The summed E-state index contributed by atoms with van der Waals surface area (Å²) in [5, 5.41) is 6.28. The van der Waals surface area contributed by atoms with Crippen LogP contribution in [0.15, 0.2) is 72.0 Å². The van der Waals surface area contributed by atoms with E-state index in [0.717, 1.165) is 18.7 Å². The minimum Gasteiger partial charge on any atom is -0.493 e. The van der Waals surface area contributed by atoms with E-state index in [1.807, 2.05) is 25.1 Å². The van der Waals surface area contributed by atoms with Gasteiger partial charge in [-0.05, 0) is 75.7 Å². The van der Waals surface area contributed by atoms with Gasteiger partial charge in [0.2, 0.25) is 0 Å². The molecule has 1 aliphatic rings. The molecule has 0 radical (unpaired) electrons. The van der Waals surface area contributed by atoms with E-state index in [4.69, 9.17) is 9.47 Å². The van der Waals surface area contributed by atoms with Crippen molar-refractivity contribution in [3.05, 3.63) is 72.8 Å². The molecule has 7 heteroatoms. The largest absolute Gasteiger partial charge is 0.493 e. The lowest BCUT2D eigenvalue weighted by atomic mass is 10.2. The number of allylic oxidation sites excluding steroid dienone is 1. The molecule has 1 saturated heterocycles. The number of ether oxygens (including phenoxy) is 2. The second kappa shape index (κ2) is 12.6. The first-order valence-corrected chi connectivity index (χ1v) is 11.3. The summed E-state index contributed by atoms with van der Waals surface area (Å²) in [7, 11) is 1.64. The van der Waals surface area contributed by atoms with Gasteiger partial charge >= 0.3 is 0 Å². The van der Waals surface area contributed by atoms with Crippen molar-refractivity contribution >= 4 is 17.2 Å². The maximum absolute atomic E-state index is 13.3. The van der Waals surface area contributed by atoms with Crippen LogP contribution in [0.25, 0.3) is 0 Å². The number of amidine groups is 1. The molecule has 0 saturated carbocycles. The first-order valence-electron chi connectivity index (χ1n) is 11.3. The number of nitrogens with one attached hydrogen (secondary N) is 2. The highest BCUT2D eigenvalue weighted by atomic mass is 19.1. The summed E-state index contributed by atoms with van der Waals surface area (Å²) in [4.78, 5) is 6.86. The van der Waals surface area contributed by atoms with Gasteiger partial charge in [0.15, 0.2) is 11.5 Å². The van der Waals surface area contributed by atoms with E-state index in [2.05, 4.69) is 27.1 Å². The highest BCUT2D eigenvalue weighted by Crippen LogP contribution is 2.30. The first-order chi connectivity index (χ1) is 16.0. The van der Waals surface area contributed by atoms with Crippen LogP contribution >= 0.6 is 0 Å². The number of anilines is 2. The highest BCUT2D eigenvalue weighted by Gasteiger charge is 2.11. The van der Waals surface area contributed by atoms with E-state index < -0.39 is 0 Å². The molecular weight excluding hydrogens is 419 g/mol. The van der Waals surface area contributed by atoms with Crippen LogP contribution in [0, 0.1) is 5.82 Å². The van der Waals surface area contributed by atoms with Gasteiger partial charge in [-0.2, -0.15) is 0 Å². The number of hydrogen-bond acceptors (Lipinski definition) is 5. The Labute approximate surface area is 195 Å². The monoisotopic (exact) mass is 452 g/mol. The van der Waals surface area contributed by atoms with Gasteiger partial charge in [-0.25, -0.2) is 9.38 Å². The third-order valence-corrected chi connectivity index (χ3v) is 5.24. The summed E-state index contributed by atoms with van der Waals surface area (Å²) < 4.78 is 24.7. The maximum atomic E-state index is 13.3. The predicted octanol–water partition coefficient (Wildman–Crippen LogP) is 5.67. The topological polar surface area (TPSA) is 58.1 Å². The van der Waals surface area contributed by atoms with Gasteiger partial charge in [-0.1, -0.05) is 12.6 Å². The fourth-order valence-corrected chi connectivity index (χ4v) is 3.62. The van der Waals surface area contributed by atoms with E-state index in [1.54, 1.807) is 31.5 Å². The molecule has 176 valence electrons. The van der Waals surface area contributed by atoms with Crippen LogP contribution in [0.1, 0.15) is 26.2 Å². The molecule has 1 fully saturated rings. The zero-order valence-corrected chi connectivity index (χ0v) is 19.4. The molecule has 33 heavy (non-hydrogen) atoms. The Hall–Kier alpha value is -3.32. The molecule has 0 unspecified atom stereocenters. The highest BCUT2D eigenvalue weighted by molar-refractivity contribution is 5.94. The van der Waals surface area contributed by atoms with Crippen molar-refractivity contribution in [1.82, 2.24) is 4.90 Å². The molecule has 0 aromatic heterocycles. The number of aliphatic imine (C=N–C) groups is 1. The van der Waals surface area contributed by atoms with Crippen molar-refractivity contribution in [2.24, 2.45) is 4.99 Å². The second-order valence-corrected chi connectivity index (χ2v) is 7.93. The van der Waals surface area contributed by atoms with Gasteiger partial charge < -0.3 is 25.0 Å². The molecule has 0 spiro atoms. The minimum absolute atomic E-state index is 0.302. The molecule has 1 aliphatic heterocycles. The molecule has 2 aromatic carbocycles. The average Bonchev–Trinajstić information content (AvgIpc) is 3.30. The van der Waals surface area contributed by atoms with E-state index in [0.29, 0.717) is 35.3 Å². The van der Waals surface area contributed by atoms with Gasteiger partial charge in [0.1, 0.15) is 11.7 Å². The summed E-state index contributed by atoms with van der Waals surface area (Å²) in [5.74, 6) is 1.81. The fraction of sp³-hybridized carbons (Fsp3) is 0.346. The Balaban J connectivity index is 1.50. The Kier molecular flexibility index (Phi) is 9.32.